The molecular weight excluding hydrogens is 723 g/mol. The normalized spacial score (nSPS) is 24.4. The van der Waals surface area contributed by atoms with Gasteiger partial charge in [-0.3, -0.25) is 19.2 Å². The van der Waals surface area contributed by atoms with E-state index in [1.54, 1.807) is 19.2 Å². The fraction of sp³-hybridized carbons (Fsp3) is 0.341. The summed E-state index contributed by atoms with van der Waals surface area (Å²) in [6.07, 6.45) is 6.59. The summed E-state index contributed by atoms with van der Waals surface area (Å²) in [4.78, 5) is 59.8. The molecule has 0 spiro atoms. The number of para-hydroxylation sites is 1. The van der Waals surface area contributed by atoms with Crippen LogP contribution in [0.4, 0.5) is 5.69 Å². The number of benzene rings is 3. The molecule has 3 heterocycles. The Morgan fingerprint density at radius 3 is 2.55 bits per heavy atom. The van der Waals surface area contributed by atoms with Gasteiger partial charge in [0.1, 0.15) is 34.1 Å². The molecule has 2 fully saturated rings. The molecule has 1 aliphatic carbocycles. The first kappa shape index (κ1) is 37.6. The summed E-state index contributed by atoms with van der Waals surface area (Å²) < 4.78 is 41.5. The van der Waals surface area contributed by atoms with Crippen molar-refractivity contribution in [2.45, 2.75) is 74.4 Å². The lowest BCUT2D eigenvalue weighted by Gasteiger charge is -2.25. The number of ether oxygens (including phenoxy) is 2. The summed E-state index contributed by atoms with van der Waals surface area (Å²) in [5.41, 5.74) is 0.661. The second-order valence-corrected chi connectivity index (χ2v) is 15.8. The van der Waals surface area contributed by atoms with E-state index < -0.39 is 45.4 Å². The number of nitrogens with zero attached hydrogens (tertiary/aromatic N) is 2. The third kappa shape index (κ3) is 8.04. The molecular formula is C41H43N5O8S. The Labute approximate surface area is 319 Å². The van der Waals surface area contributed by atoms with Crippen molar-refractivity contribution in [2.24, 2.45) is 5.92 Å². The maximum absolute atomic E-state index is 14.2. The topological polar surface area (TPSA) is 173 Å². The molecule has 4 amide bonds. The second kappa shape index (κ2) is 15.5. The van der Waals surface area contributed by atoms with Crippen molar-refractivity contribution in [1.29, 1.82) is 0 Å². The molecule has 1 aromatic heterocycles. The zero-order valence-corrected chi connectivity index (χ0v) is 31.4. The zero-order valence-electron chi connectivity index (χ0n) is 30.6. The van der Waals surface area contributed by atoms with Crippen LogP contribution in [0.5, 0.6) is 11.5 Å². The van der Waals surface area contributed by atoms with Gasteiger partial charge >= 0.3 is 0 Å². The number of amides is 4. The summed E-state index contributed by atoms with van der Waals surface area (Å²) in [7, 11) is -2.90. The Balaban J connectivity index is 1.15. The highest BCUT2D eigenvalue weighted by atomic mass is 32.2. The van der Waals surface area contributed by atoms with E-state index >= 15 is 0 Å². The van der Waals surface area contributed by atoms with Gasteiger partial charge < -0.3 is 25.0 Å². The van der Waals surface area contributed by atoms with Gasteiger partial charge in [-0.05, 0) is 49.9 Å². The van der Waals surface area contributed by atoms with Crippen LogP contribution in [0.1, 0.15) is 51.9 Å². The monoisotopic (exact) mass is 765 g/mol. The smallest absolute Gasteiger partial charge is 0.266 e. The number of carbonyl (C=O) groups is 4. The van der Waals surface area contributed by atoms with E-state index in [9.17, 15) is 27.6 Å². The first-order valence-corrected chi connectivity index (χ1v) is 19.9. The number of anilines is 1. The number of methoxy groups -OCH3 is 1. The molecule has 1 saturated carbocycles. The minimum atomic E-state index is -4.48. The number of rotatable bonds is 6. The molecule has 0 bridgehead atoms. The molecule has 4 aromatic rings. The average molecular weight is 766 g/mol. The molecule has 7 rings (SSSR count). The van der Waals surface area contributed by atoms with E-state index in [1.807, 2.05) is 60.7 Å². The number of pyridine rings is 1. The quantitative estimate of drug-likeness (QED) is 0.225. The molecule has 14 heteroatoms. The third-order valence-corrected chi connectivity index (χ3v) is 11.8. The number of fused-ring (bicyclic) bond motifs is 3. The van der Waals surface area contributed by atoms with Crippen molar-refractivity contribution in [2.75, 3.05) is 19.0 Å². The molecule has 0 unspecified atom stereocenters. The predicted molar refractivity (Wildman–Crippen MR) is 206 cm³/mol. The van der Waals surface area contributed by atoms with Gasteiger partial charge in [0.05, 0.1) is 30.6 Å². The van der Waals surface area contributed by atoms with Gasteiger partial charge in [-0.25, -0.2) is 18.1 Å². The number of allylic oxidation sites excluding steroid dienone is 1. The van der Waals surface area contributed by atoms with Crippen LogP contribution in [0.3, 0.4) is 0 Å². The average Bonchev–Trinajstić information content (AvgIpc) is 3.70. The lowest BCUT2D eigenvalue weighted by atomic mass is 10.1. The molecule has 3 aromatic carbocycles. The Morgan fingerprint density at radius 2 is 1.76 bits per heavy atom. The number of nitrogens with one attached hydrogen (secondary N) is 3. The Kier molecular flexibility index (Phi) is 10.6. The van der Waals surface area contributed by atoms with Crippen LogP contribution >= 0.6 is 0 Å². The highest BCUT2D eigenvalue weighted by Crippen LogP contribution is 2.46. The van der Waals surface area contributed by atoms with Crippen molar-refractivity contribution >= 4 is 50.2 Å². The zero-order chi connectivity index (χ0) is 38.7. The van der Waals surface area contributed by atoms with Crippen molar-refractivity contribution in [3.05, 3.63) is 91.0 Å². The lowest BCUT2D eigenvalue weighted by Crippen LogP contribution is -2.56. The highest BCUT2D eigenvalue weighted by molar-refractivity contribution is 7.90. The Morgan fingerprint density at radius 1 is 0.982 bits per heavy atom. The van der Waals surface area contributed by atoms with E-state index in [1.165, 1.54) is 30.0 Å². The number of sulfonamides is 1. The van der Waals surface area contributed by atoms with Gasteiger partial charge in [0.15, 0.2) is 0 Å². The van der Waals surface area contributed by atoms with Crippen LogP contribution in [-0.2, 0) is 29.2 Å². The molecule has 55 heavy (non-hydrogen) atoms. The molecule has 2 aliphatic heterocycles. The van der Waals surface area contributed by atoms with Crippen molar-refractivity contribution in [3.8, 4) is 22.8 Å². The molecule has 0 radical (unpaired) electrons. The van der Waals surface area contributed by atoms with Gasteiger partial charge in [0.25, 0.3) is 15.9 Å². The number of hydrogen-bond donors (Lipinski definition) is 3. The van der Waals surface area contributed by atoms with Gasteiger partial charge in [0.2, 0.25) is 17.7 Å². The summed E-state index contributed by atoms with van der Waals surface area (Å²) in [5.74, 6) is -1.52. The summed E-state index contributed by atoms with van der Waals surface area (Å²) in [6, 6.07) is 21.8. The molecule has 13 nitrogen and oxygen atoms in total. The van der Waals surface area contributed by atoms with Gasteiger partial charge in [-0.1, -0.05) is 61.0 Å². The largest absolute Gasteiger partial charge is 0.497 e. The SMILES string of the molecule is COc1ccc2c(O[C@@H]3C[C@@H](C(=O)N[C@]45C[C@H]4/C=C/CCCCCC(=O)Nc4ccccc4S(=O)(=O)NC5=O)N(C(C)=O)C3)cc(-c3ccccc3)nc2c1. The Bertz CT molecular complexity index is 2280. The number of carbonyl (C=O) groups excluding carboxylic acids is 4. The van der Waals surface area contributed by atoms with E-state index in [4.69, 9.17) is 14.5 Å². The first-order chi connectivity index (χ1) is 26.5. The maximum atomic E-state index is 14.2. The van der Waals surface area contributed by atoms with Crippen molar-refractivity contribution < 1.29 is 37.1 Å². The fourth-order valence-electron chi connectivity index (χ4n) is 7.37. The minimum Gasteiger partial charge on any atom is -0.497 e. The van der Waals surface area contributed by atoms with Gasteiger partial charge in [0, 0.05) is 48.8 Å². The Hall–Kier alpha value is -5.76. The summed E-state index contributed by atoms with van der Waals surface area (Å²) >= 11 is 0. The fourth-order valence-corrected chi connectivity index (χ4v) is 8.57. The van der Waals surface area contributed by atoms with Crippen LogP contribution in [-0.4, -0.2) is 73.3 Å². The predicted octanol–water partition coefficient (Wildman–Crippen LogP) is 5.12. The van der Waals surface area contributed by atoms with Gasteiger partial charge in [-0.15, -0.1) is 0 Å². The molecule has 4 atom stereocenters. The molecule has 1 saturated heterocycles. The highest BCUT2D eigenvalue weighted by Gasteiger charge is 2.61. The van der Waals surface area contributed by atoms with Crippen LogP contribution < -0.4 is 24.8 Å². The first-order valence-electron chi connectivity index (χ1n) is 18.4. The van der Waals surface area contributed by atoms with E-state index in [0.29, 0.717) is 35.6 Å². The molecule has 3 aliphatic rings. The van der Waals surface area contributed by atoms with Crippen molar-refractivity contribution in [1.82, 2.24) is 19.9 Å². The minimum absolute atomic E-state index is 0.0522. The summed E-state index contributed by atoms with van der Waals surface area (Å²) in [5, 5.41) is 6.25. The maximum Gasteiger partial charge on any atom is 0.266 e. The third-order valence-electron chi connectivity index (χ3n) is 10.4. The number of aromatic nitrogens is 1. The number of likely N-dealkylation sites (tertiary alicyclic amines) is 1. The molecule has 3 N–H and O–H groups in total. The van der Waals surface area contributed by atoms with E-state index in [2.05, 4.69) is 15.4 Å². The van der Waals surface area contributed by atoms with Crippen molar-refractivity contribution in [3.63, 3.8) is 0 Å². The standard InChI is InChI=1S/C41H43N5O8S/c1-26(47)46-25-30(54-36-23-33(27-13-7-6-8-14-27)42-34-21-29(53-2)19-20-31(34)36)22-35(46)39(49)44-41-24-28(41)15-9-4-3-5-10-18-38(48)43-32-16-11-12-17-37(32)55(51,52)45-40(41)50/h6-9,11-17,19-21,23,28,30,35H,3-5,10,18,22,24-25H2,1-2H3,(H,43,48)(H,44,49)(H,45,50)/b15-9+/t28-,30-,35+,41-/m1/s1. The van der Waals surface area contributed by atoms with E-state index in [-0.39, 0.29) is 48.2 Å². The van der Waals surface area contributed by atoms with Crippen LogP contribution in [0.15, 0.2) is 95.9 Å². The van der Waals surface area contributed by atoms with Crippen LogP contribution in [0, 0.1) is 5.92 Å². The summed E-state index contributed by atoms with van der Waals surface area (Å²) in [6.45, 7) is 1.47. The van der Waals surface area contributed by atoms with Crippen LogP contribution in [0.2, 0.25) is 0 Å². The van der Waals surface area contributed by atoms with Gasteiger partial charge in [-0.2, -0.15) is 0 Å². The second-order valence-electron chi connectivity index (χ2n) is 14.2. The van der Waals surface area contributed by atoms with E-state index in [0.717, 1.165) is 23.8 Å². The lowest BCUT2D eigenvalue weighted by molar-refractivity contribution is -0.138. The number of hydrogen-bond acceptors (Lipinski definition) is 9. The van der Waals surface area contributed by atoms with Crippen LogP contribution in [0.25, 0.3) is 22.2 Å². The molecule has 286 valence electrons.